The predicted octanol–water partition coefficient (Wildman–Crippen LogP) is 3.73. The quantitative estimate of drug-likeness (QED) is 0.925. The molecule has 1 N–H and O–H groups in total. The monoisotopic (exact) mass is 273 g/mol. The van der Waals surface area contributed by atoms with Crippen LogP contribution >= 0.6 is 34.5 Å². The number of nitrogens with zero attached hydrogens (tertiary/aromatic N) is 1. The molecule has 0 spiro atoms. The molecule has 2 nitrogen and oxygen atoms in total. The Labute approximate surface area is 107 Å². The van der Waals surface area contributed by atoms with Crippen LogP contribution in [0.3, 0.4) is 0 Å². The summed E-state index contributed by atoms with van der Waals surface area (Å²) in [5.41, 5.74) is 3.24. The molecule has 0 radical (unpaired) electrons. The largest absolute Gasteiger partial charge is 0.386 e. The number of aliphatic hydroxyl groups excluding tert-OH is 1. The van der Waals surface area contributed by atoms with Crippen molar-refractivity contribution < 1.29 is 5.11 Å². The molecule has 0 saturated carbocycles. The van der Waals surface area contributed by atoms with E-state index in [0.717, 1.165) is 5.56 Å². The third-order valence-electron chi connectivity index (χ3n) is 2.22. The molecule has 1 atom stereocenters. The van der Waals surface area contributed by atoms with Gasteiger partial charge in [-0.25, -0.2) is 4.98 Å². The van der Waals surface area contributed by atoms with Crippen LogP contribution in [0.2, 0.25) is 10.0 Å². The Bertz CT molecular complexity index is 473. The second-order valence-corrected chi connectivity index (χ2v) is 4.93. The molecular formula is C11H9Cl2NOS. The molecular weight excluding hydrogens is 265 g/mol. The molecule has 0 aliphatic rings. The number of benzene rings is 1. The zero-order chi connectivity index (χ0) is 11.5. The molecule has 0 fully saturated rings. The van der Waals surface area contributed by atoms with E-state index in [-0.39, 0.29) is 0 Å². The molecule has 0 aliphatic heterocycles. The van der Waals surface area contributed by atoms with Crippen LogP contribution in [0.4, 0.5) is 0 Å². The lowest BCUT2D eigenvalue weighted by Gasteiger charge is -2.09. The minimum Gasteiger partial charge on any atom is -0.386 e. The van der Waals surface area contributed by atoms with E-state index in [2.05, 4.69) is 4.98 Å². The number of rotatable bonds is 3. The van der Waals surface area contributed by atoms with Crippen LogP contribution in [0, 0.1) is 0 Å². The minimum absolute atomic E-state index is 0.444. The van der Waals surface area contributed by atoms with E-state index in [1.165, 1.54) is 11.3 Å². The van der Waals surface area contributed by atoms with E-state index in [1.54, 1.807) is 17.6 Å². The summed E-state index contributed by atoms with van der Waals surface area (Å²) in [5.74, 6) is 0. The van der Waals surface area contributed by atoms with Crippen LogP contribution in [0.5, 0.6) is 0 Å². The van der Waals surface area contributed by atoms with Gasteiger partial charge in [-0.05, 0) is 17.7 Å². The zero-order valence-corrected chi connectivity index (χ0v) is 10.6. The number of aliphatic hydroxyl groups is 1. The Hall–Kier alpha value is -0.610. The summed E-state index contributed by atoms with van der Waals surface area (Å²) < 4.78 is 0. The van der Waals surface area contributed by atoms with Gasteiger partial charge in [-0.1, -0.05) is 29.3 Å². The second-order valence-electron chi connectivity index (χ2n) is 3.37. The van der Waals surface area contributed by atoms with Gasteiger partial charge < -0.3 is 5.11 Å². The van der Waals surface area contributed by atoms with Gasteiger partial charge in [-0.3, -0.25) is 0 Å². The molecule has 0 saturated heterocycles. The van der Waals surface area contributed by atoms with Gasteiger partial charge in [0.15, 0.2) is 0 Å². The standard InChI is InChI=1S/C11H9Cl2NOS/c12-8-2-1-7(9(13)4-8)3-11(15)10-5-16-6-14-10/h1-2,4-6,11,15H,3H2. The maximum absolute atomic E-state index is 9.91. The Balaban J connectivity index is 2.15. The van der Waals surface area contributed by atoms with Crippen molar-refractivity contribution in [2.45, 2.75) is 12.5 Å². The lowest BCUT2D eigenvalue weighted by atomic mass is 10.1. The Morgan fingerprint density at radius 1 is 1.38 bits per heavy atom. The summed E-state index contributed by atoms with van der Waals surface area (Å²) in [6.07, 6.45) is -0.176. The molecule has 16 heavy (non-hydrogen) atoms. The lowest BCUT2D eigenvalue weighted by Crippen LogP contribution is -2.02. The summed E-state index contributed by atoms with van der Waals surface area (Å²) >= 11 is 13.3. The summed E-state index contributed by atoms with van der Waals surface area (Å²) in [7, 11) is 0. The van der Waals surface area contributed by atoms with Crippen LogP contribution in [-0.4, -0.2) is 10.1 Å². The van der Waals surface area contributed by atoms with Gasteiger partial charge in [0.25, 0.3) is 0 Å². The smallest absolute Gasteiger partial charge is 0.101 e. The number of hydrogen-bond donors (Lipinski definition) is 1. The summed E-state index contributed by atoms with van der Waals surface area (Å²) in [5, 5.41) is 12.9. The maximum Gasteiger partial charge on any atom is 0.101 e. The van der Waals surface area contributed by atoms with Crippen molar-refractivity contribution in [3.8, 4) is 0 Å². The first-order chi connectivity index (χ1) is 7.66. The Morgan fingerprint density at radius 2 is 2.19 bits per heavy atom. The topological polar surface area (TPSA) is 33.1 Å². The van der Waals surface area contributed by atoms with Crippen molar-refractivity contribution in [1.29, 1.82) is 0 Å². The molecule has 0 amide bonds. The number of aromatic nitrogens is 1. The van der Waals surface area contributed by atoms with Gasteiger partial charge in [0.05, 0.1) is 11.2 Å². The predicted molar refractivity (Wildman–Crippen MR) is 67.2 cm³/mol. The highest BCUT2D eigenvalue weighted by molar-refractivity contribution is 7.07. The van der Waals surface area contributed by atoms with E-state index in [0.29, 0.717) is 22.2 Å². The van der Waals surface area contributed by atoms with Crippen LogP contribution in [-0.2, 0) is 6.42 Å². The first-order valence-electron chi connectivity index (χ1n) is 4.67. The van der Waals surface area contributed by atoms with Crippen LogP contribution < -0.4 is 0 Å². The van der Waals surface area contributed by atoms with Crippen LogP contribution in [0.25, 0.3) is 0 Å². The molecule has 0 bridgehead atoms. The van der Waals surface area contributed by atoms with Crippen molar-refractivity contribution in [2.75, 3.05) is 0 Å². The van der Waals surface area contributed by atoms with E-state index in [1.807, 2.05) is 11.4 Å². The molecule has 5 heteroatoms. The average molecular weight is 274 g/mol. The van der Waals surface area contributed by atoms with Gasteiger partial charge >= 0.3 is 0 Å². The van der Waals surface area contributed by atoms with E-state index < -0.39 is 6.10 Å². The Morgan fingerprint density at radius 3 is 2.81 bits per heavy atom. The maximum atomic E-state index is 9.91. The molecule has 84 valence electrons. The van der Waals surface area contributed by atoms with Gasteiger partial charge in [0.2, 0.25) is 0 Å². The fourth-order valence-electron chi connectivity index (χ4n) is 1.39. The highest BCUT2D eigenvalue weighted by Crippen LogP contribution is 2.25. The van der Waals surface area contributed by atoms with Crippen molar-refractivity contribution in [3.63, 3.8) is 0 Å². The highest BCUT2D eigenvalue weighted by Gasteiger charge is 2.12. The summed E-state index contributed by atoms with van der Waals surface area (Å²) in [6, 6.07) is 5.25. The van der Waals surface area contributed by atoms with Gasteiger partial charge in [-0.15, -0.1) is 11.3 Å². The molecule has 1 aromatic heterocycles. The molecule has 2 aromatic rings. The number of hydrogen-bond acceptors (Lipinski definition) is 3. The normalized spacial score (nSPS) is 12.7. The van der Waals surface area contributed by atoms with E-state index in [4.69, 9.17) is 23.2 Å². The Kier molecular flexibility index (Phi) is 3.82. The number of halogens is 2. The van der Waals surface area contributed by atoms with Gasteiger partial charge in [0, 0.05) is 21.8 Å². The SMILES string of the molecule is OC(Cc1ccc(Cl)cc1Cl)c1cscn1. The fourth-order valence-corrected chi connectivity index (χ4v) is 2.47. The van der Waals surface area contributed by atoms with Crippen molar-refractivity contribution in [3.05, 3.63) is 50.4 Å². The lowest BCUT2D eigenvalue weighted by molar-refractivity contribution is 0.174. The highest BCUT2D eigenvalue weighted by atomic mass is 35.5. The van der Waals surface area contributed by atoms with Gasteiger partial charge in [-0.2, -0.15) is 0 Å². The van der Waals surface area contributed by atoms with E-state index in [9.17, 15) is 5.11 Å². The van der Waals surface area contributed by atoms with Crippen LogP contribution in [0.15, 0.2) is 29.1 Å². The first-order valence-corrected chi connectivity index (χ1v) is 6.37. The van der Waals surface area contributed by atoms with Crippen molar-refractivity contribution in [1.82, 2.24) is 4.98 Å². The zero-order valence-electron chi connectivity index (χ0n) is 8.23. The summed E-state index contributed by atoms with van der Waals surface area (Å²) in [4.78, 5) is 4.06. The summed E-state index contributed by atoms with van der Waals surface area (Å²) in [6.45, 7) is 0. The van der Waals surface area contributed by atoms with Gasteiger partial charge in [0.1, 0.15) is 6.10 Å². The first kappa shape index (κ1) is 11.9. The molecule has 1 aromatic carbocycles. The molecule has 1 unspecified atom stereocenters. The number of thiazole rings is 1. The van der Waals surface area contributed by atoms with Crippen LogP contribution in [0.1, 0.15) is 17.4 Å². The molecule has 0 aliphatic carbocycles. The minimum atomic E-state index is -0.620. The fraction of sp³-hybridized carbons (Fsp3) is 0.182. The second kappa shape index (κ2) is 5.15. The third kappa shape index (κ3) is 2.74. The van der Waals surface area contributed by atoms with Crippen molar-refractivity contribution >= 4 is 34.5 Å². The van der Waals surface area contributed by atoms with E-state index >= 15 is 0 Å². The third-order valence-corrected chi connectivity index (χ3v) is 3.41. The van der Waals surface area contributed by atoms with Crippen molar-refractivity contribution in [2.24, 2.45) is 0 Å². The average Bonchev–Trinajstić information content (AvgIpc) is 2.75. The molecule has 2 rings (SSSR count). The molecule has 1 heterocycles.